The summed E-state index contributed by atoms with van der Waals surface area (Å²) in [5.74, 6) is 0.398. The lowest BCUT2D eigenvalue weighted by Gasteiger charge is -2.34. The second-order valence-electron chi connectivity index (χ2n) is 9.85. The maximum absolute atomic E-state index is 13.3. The number of halogens is 1. The van der Waals surface area contributed by atoms with Crippen molar-refractivity contribution in [2.45, 2.75) is 25.3 Å². The quantitative estimate of drug-likeness (QED) is 0.481. The Balaban J connectivity index is 1.23. The first-order valence-corrected chi connectivity index (χ1v) is 12.4. The van der Waals surface area contributed by atoms with Crippen LogP contribution in [0, 0.1) is 17.7 Å². The van der Waals surface area contributed by atoms with Crippen molar-refractivity contribution < 1.29 is 13.9 Å². The molecule has 34 heavy (non-hydrogen) atoms. The number of likely N-dealkylation sites (tertiary alicyclic amines) is 2. The van der Waals surface area contributed by atoms with Crippen molar-refractivity contribution in [2.75, 3.05) is 39.8 Å². The molecule has 2 aliphatic rings. The highest BCUT2D eigenvalue weighted by atomic mass is 19.1. The summed E-state index contributed by atoms with van der Waals surface area (Å²) in [5, 5.41) is 2.54. The zero-order valence-electron chi connectivity index (χ0n) is 19.8. The summed E-state index contributed by atoms with van der Waals surface area (Å²) >= 11 is 0. The number of rotatable bonds is 6. The van der Waals surface area contributed by atoms with Crippen molar-refractivity contribution in [1.82, 2.24) is 9.80 Å². The molecule has 2 aliphatic heterocycles. The number of hydrogen-bond acceptors (Lipinski definition) is 4. The van der Waals surface area contributed by atoms with Crippen molar-refractivity contribution in [3.05, 3.63) is 83.7 Å². The number of ether oxygens (including phenoxy) is 1. The molecule has 0 spiro atoms. The van der Waals surface area contributed by atoms with E-state index in [9.17, 15) is 9.18 Å². The minimum absolute atomic E-state index is 0.0881. The van der Waals surface area contributed by atoms with Crippen molar-refractivity contribution >= 4 is 16.7 Å². The fourth-order valence-electron chi connectivity index (χ4n) is 5.88. The van der Waals surface area contributed by atoms with E-state index in [4.69, 9.17) is 4.74 Å². The average molecular weight is 461 g/mol. The van der Waals surface area contributed by atoms with Gasteiger partial charge in [0.1, 0.15) is 5.82 Å². The molecule has 178 valence electrons. The lowest BCUT2D eigenvalue weighted by Crippen LogP contribution is -2.39. The number of esters is 1. The van der Waals surface area contributed by atoms with Gasteiger partial charge in [0.2, 0.25) is 0 Å². The molecule has 0 amide bonds. The van der Waals surface area contributed by atoms with Gasteiger partial charge in [-0.15, -0.1) is 0 Å². The third kappa shape index (κ3) is 5.01. The molecule has 0 radical (unpaired) electrons. The fraction of sp³-hybridized carbons (Fsp3) is 0.414. The first-order chi connectivity index (χ1) is 16.6. The van der Waals surface area contributed by atoms with Crippen LogP contribution in [-0.2, 0) is 16.1 Å². The van der Waals surface area contributed by atoms with Gasteiger partial charge in [-0.05, 0) is 71.8 Å². The lowest BCUT2D eigenvalue weighted by atomic mass is 9.88. The van der Waals surface area contributed by atoms with E-state index < -0.39 is 0 Å². The summed E-state index contributed by atoms with van der Waals surface area (Å²) < 4.78 is 18.5. The van der Waals surface area contributed by atoms with E-state index in [-0.39, 0.29) is 23.6 Å². The van der Waals surface area contributed by atoms with E-state index in [1.165, 1.54) is 29.0 Å². The van der Waals surface area contributed by atoms with E-state index >= 15 is 0 Å². The molecule has 0 bridgehead atoms. The summed E-state index contributed by atoms with van der Waals surface area (Å²) in [6, 6.07) is 21.9. The van der Waals surface area contributed by atoms with Crippen LogP contribution < -0.4 is 0 Å². The van der Waals surface area contributed by atoms with E-state index in [2.05, 4.69) is 52.3 Å². The summed E-state index contributed by atoms with van der Waals surface area (Å²) in [6.07, 6.45) is 2.14. The molecule has 2 heterocycles. The van der Waals surface area contributed by atoms with Gasteiger partial charge in [0.15, 0.2) is 0 Å². The van der Waals surface area contributed by atoms with Gasteiger partial charge in [0.25, 0.3) is 0 Å². The maximum atomic E-state index is 13.3. The Bertz CT molecular complexity index is 1120. The molecule has 0 N–H and O–H groups in total. The van der Waals surface area contributed by atoms with Gasteiger partial charge in [-0.3, -0.25) is 9.69 Å². The van der Waals surface area contributed by atoms with Crippen LogP contribution in [0.5, 0.6) is 0 Å². The van der Waals surface area contributed by atoms with Gasteiger partial charge in [-0.25, -0.2) is 4.39 Å². The SMILES string of the molecule is COC(=O)[C@@H]1CN(Cc2cccc3ccccc23)CC1CN1CCC(c2ccc(F)cc2)CC1. The van der Waals surface area contributed by atoms with Gasteiger partial charge in [0.05, 0.1) is 13.0 Å². The van der Waals surface area contributed by atoms with Crippen LogP contribution in [0.4, 0.5) is 4.39 Å². The molecule has 0 saturated carbocycles. The van der Waals surface area contributed by atoms with Gasteiger partial charge in [-0.2, -0.15) is 0 Å². The number of hydrogen-bond donors (Lipinski definition) is 0. The zero-order valence-corrected chi connectivity index (χ0v) is 19.8. The number of piperidine rings is 1. The highest BCUT2D eigenvalue weighted by Crippen LogP contribution is 2.32. The smallest absolute Gasteiger partial charge is 0.310 e. The Hall–Kier alpha value is -2.76. The second-order valence-corrected chi connectivity index (χ2v) is 9.85. The molecular formula is C29H33FN2O2. The Morgan fingerprint density at radius 2 is 1.68 bits per heavy atom. The molecule has 2 saturated heterocycles. The van der Waals surface area contributed by atoms with Crippen LogP contribution in [0.3, 0.4) is 0 Å². The largest absolute Gasteiger partial charge is 0.469 e. The topological polar surface area (TPSA) is 32.8 Å². The maximum Gasteiger partial charge on any atom is 0.310 e. The standard InChI is InChI=1S/C29H33FN2O2/c1-34-29(33)28-20-32(17-24-7-4-6-23-5-2-3-8-27(23)24)19-25(28)18-31-15-13-22(14-16-31)21-9-11-26(30)12-10-21/h2-12,22,25,28H,13-20H2,1H3/t25?,28-/m1/s1. The summed E-state index contributed by atoms with van der Waals surface area (Å²) in [7, 11) is 1.50. The summed E-state index contributed by atoms with van der Waals surface area (Å²) in [6.45, 7) is 5.43. The molecule has 0 aliphatic carbocycles. The highest BCUT2D eigenvalue weighted by molar-refractivity contribution is 5.85. The Labute approximate surface area is 201 Å². The van der Waals surface area contributed by atoms with Crippen LogP contribution in [-0.4, -0.2) is 55.6 Å². The first-order valence-electron chi connectivity index (χ1n) is 12.4. The van der Waals surface area contributed by atoms with Gasteiger partial charge >= 0.3 is 5.97 Å². The van der Waals surface area contributed by atoms with Gasteiger partial charge < -0.3 is 9.64 Å². The van der Waals surface area contributed by atoms with Crippen LogP contribution in [0.1, 0.15) is 29.9 Å². The molecule has 0 aromatic heterocycles. The van der Waals surface area contributed by atoms with E-state index in [1.807, 2.05) is 12.1 Å². The first kappa shape index (κ1) is 23.0. The third-order valence-corrected chi connectivity index (χ3v) is 7.72. The minimum atomic E-state index is -0.177. The predicted octanol–water partition coefficient (Wildman–Crippen LogP) is 5.08. The second kappa shape index (κ2) is 10.2. The van der Waals surface area contributed by atoms with Crippen molar-refractivity contribution in [3.63, 3.8) is 0 Å². The third-order valence-electron chi connectivity index (χ3n) is 7.72. The van der Waals surface area contributed by atoms with Crippen molar-refractivity contribution in [2.24, 2.45) is 11.8 Å². The lowest BCUT2D eigenvalue weighted by molar-refractivity contribution is -0.146. The molecule has 3 aromatic carbocycles. The Morgan fingerprint density at radius 3 is 2.44 bits per heavy atom. The number of fused-ring (bicyclic) bond motifs is 1. The van der Waals surface area contributed by atoms with Crippen molar-refractivity contribution in [3.8, 4) is 0 Å². The molecule has 5 heteroatoms. The minimum Gasteiger partial charge on any atom is -0.469 e. The number of carbonyl (C=O) groups excluding carboxylic acids is 1. The molecule has 3 aromatic rings. The summed E-state index contributed by atoms with van der Waals surface area (Å²) in [5.41, 5.74) is 2.54. The Kier molecular flexibility index (Phi) is 6.93. The number of methoxy groups -OCH3 is 1. The number of carbonyl (C=O) groups is 1. The van der Waals surface area contributed by atoms with E-state index in [0.717, 1.165) is 52.1 Å². The normalized spacial score (nSPS) is 22.3. The summed E-state index contributed by atoms with van der Waals surface area (Å²) in [4.78, 5) is 17.6. The zero-order chi connectivity index (χ0) is 23.5. The number of nitrogens with zero attached hydrogens (tertiary/aromatic N) is 2. The predicted molar refractivity (Wildman–Crippen MR) is 133 cm³/mol. The average Bonchev–Trinajstić information content (AvgIpc) is 3.27. The molecule has 1 unspecified atom stereocenters. The highest BCUT2D eigenvalue weighted by Gasteiger charge is 2.39. The molecule has 5 rings (SSSR count). The van der Waals surface area contributed by atoms with Crippen LogP contribution >= 0.6 is 0 Å². The van der Waals surface area contributed by atoms with Crippen LogP contribution in [0.2, 0.25) is 0 Å². The van der Waals surface area contributed by atoms with Crippen LogP contribution in [0.25, 0.3) is 10.8 Å². The number of benzene rings is 3. The monoisotopic (exact) mass is 460 g/mol. The van der Waals surface area contributed by atoms with Gasteiger partial charge in [0, 0.05) is 26.2 Å². The molecule has 2 fully saturated rings. The van der Waals surface area contributed by atoms with E-state index in [0.29, 0.717) is 5.92 Å². The fourth-order valence-corrected chi connectivity index (χ4v) is 5.88. The van der Waals surface area contributed by atoms with Crippen LogP contribution in [0.15, 0.2) is 66.7 Å². The van der Waals surface area contributed by atoms with Gasteiger partial charge in [-0.1, -0.05) is 54.6 Å². The van der Waals surface area contributed by atoms with E-state index in [1.54, 1.807) is 12.1 Å². The molecule has 2 atom stereocenters. The Morgan fingerprint density at radius 1 is 0.941 bits per heavy atom. The molecular weight excluding hydrogens is 427 g/mol. The molecule has 4 nitrogen and oxygen atoms in total. The van der Waals surface area contributed by atoms with Crippen molar-refractivity contribution in [1.29, 1.82) is 0 Å².